The molecule has 0 bridgehead atoms. The number of rotatable bonds is 12. The van der Waals surface area contributed by atoms with Gasteiger partial charge in [0.05, 0.1) is 19.2 Å². The lowest BCUT2D eigenvalue weighted by molar-refractivity contribution is -0.128. The number of carbonyl (C=O) groups excluding carboxylic acids is 2. The smallest absolute Gasteiger partial charge is 0.411 e. The van der Waals surface area contributed by atoms with Gasteiger partial charge in [0.2, 0.25) is 5.91 Å². The third-order valence-corrected chi connectivity index (χ3v) is 8.79. The number of hydrogen-bond donors (Lipinski definition) is 4. The van der Waals surface area contributed by atoms with Crippen LogP contribution in [0, 0.1) is 11.8 Å². The van der Waals surface area contributed by atoms with Crippen LogP contribution in [0.1, 0.15) is 55.2 Å². The van der Waals surface area contributed by atoms with Crippen molar-refractivity contribution in [3.8, 4) is 0 Å². The molecule has 47 heavy (non-hydrogen) atoms. The second kappa shape index (κ2) is 15.4. The zero-order valence-corrected chi connectivity index (χ0v) is 27.0. The van der Waals surface area contributed by atoms with Gasteiger partial charge in [-0.3, -0.25) is 14.9 Å². The normalized spacial score (nSPS) is 16.6. The first-order valence-corrected chi connectivity index (χ1v) is 16.0. The number of fused-ring (bicyclic) bond motifs is 1. The average Bonchev–Trinajstić information content (AvgIpc) is 3.08. The Balaban J connectivity index is 1.25. The van der Waals surface area contributed by atoms with E-state index in [0.717, 1.165) is 53.4 Å². The third-order valence-electron chi connectivity index (χ3n) is 8.79. The number of aromatic nitrogens is 1. The van der Waals surface area contributed by atoms with Crippen LogP contribution in [0.5, 0.6) is 0 Å². The fourth-order valence-corrected chi connectivity index (χ4v) is 6.02. The number of H-pyrrole nitrogens is 1. The number of likely N-dealkylation sites (N-methyl/N-ethyl adjacent to an activating group) is 1. The van der Waals surface area contributed by atoms with E-state index in [2.05, 4.69) is 26.1 Å². The monoisotopic (exact) mass is 638 g/mol. The Hall–Kier alpha value is -5.19. The number of hydrogen-bond acceptors (Lipinski definition) is 8. The predicted octanol–water partition coefficient (Wildman–Crippen LogP) is 6.75. The Morgan fingerprint density at radius 1 is 1.02 bits per heavy atom. The highest BCUT2D eigenvalue weighted by molar-refractivity contribution is 5.87. The summed E-state index contributed by atoms with van der Waals surface area (Å²) in [6.07, 6.45) is 4.14. The summed E-state index contributed by atoms with van der Waals surface area (Å²) in [5.74, 6) is -0.115. The molecule has 1 saturated carbocycles. The van der Waals surface area contributed by atoms with Crippen LogP contribution in [0.3, 0.4) is 0 Å². The van der Waals surface area contributed by atoms with E-state index in [9.17, 15) is 19.3 Å². The zero-order chi connectivity index (χ0) is 33.3. The third kappa shape index (κ3) is 8.75. The number of aromatic amines is 1. The molecule has 11 heteroatoms. The Morgan fingerprint density at radius 2 is 1.79 bits per heavy atom. The average molecular weight is 639 g/mol. The maximum Gasteiger partial charge on any atom is 0.411 e. The van der Waals surface area contributed by atoms with E-state index in [1.165, 1.54) is 0 Å². The number of nitroso groups, excluding NO2 is 1. The summed E-state index contributed by atoms with van der Waals surface area (Å²) in [5, 5.41) is 14.1. The van der Waals surface area contributed by atoms with Crippen LogP contribution in [0.15, 0.2) is 82.9 Å². The Morgan fingerprint density at radius 3 is 2.55 bits per heavy atom. The van der Waals surface area contributed by atoms with Crippen molar-refractivity contribution in [1.29, 1.82) is 0 Å². The molecule has 1 unspecified atom stereocenters. The first-order valence-electron chi connectivity index (χ1n) is 16.0. The fraction of sp³-hybridized carbons (Fsp3) is 0.361. The molecule has 1 aliphatic carbocycles. The molecule has 1 atom stereocenters. The molecule has 1 fully saturated rings. The summed E-state index contributed by atoms with van der Waals surface area (Å²) >= 11 is 0. The van der Waals surface area contributed by atoms with Crippen molar-refractivity contribution in [3.63, 3.8) is 0 Å². The number of nitrogens with zero attached hydrogens (tertiary/aromatic N) is 2. The number of carbonyl (C=O) groups is 2. The van der Waals surface area contributed by atoms with Crippen molar-refractivity contribution in [2.24, 2.45) is 5.18 Å². The lowest BCUT2D eigenvalue weighted by Gasteiger charge is -2.28. The van der Waals surface area contributed by atoms with Crippen LogP contribution in [-0.4, -0.2) is 54.2 Å². The number of nitrogens with one attached hydrogen (secondary N) is 4. The molecular weight excluding hydrogens is 596 g/mol. The Bertz CT molecular complexity index is 1780. The van der Waals surface area contributed by atoms with Gasteiger partial charge in [0, 0.05) is 54.2 Å². The van der Waals surface area contributed by atoms with Crippen LogP contribution in [0.2, 0.25) is 0 Å². The summed E-state index contributed by atoms with van der Waals surface area (Å²) in [5.41, 5.74) is 4.97. The summed E-state index contributed by atoms with van der Waals surface area (Å²) < 4.78 is 5.56. The minimum Gasteiger partial charge on any atom is -0.449 e. The van der Waals surface area contributed by atoms with Crippen molar-refractivity contribution >= 4 is 39.8 Å². The molecule has 0 saturated heterocycles. The summed E-state index contributed by atoms with van der Waals surface area (Å²) in [6.45, 7) is 4.60. The van der Waals surface area contributed by atoms with Crippen molar-refractivity contribution in [2.75, 3.05) is 36.1 Å². The van der Waals surface area contributed by atoms with E-state index >= 15 is 0 Å². The number of pyridine rings is 1. The second-order valence-electron chi connectivity index (χ2n) is 12.3. The standard InChI is InChI=1S/C36H42N6O5/c1-23-6-4-5-7-31(23)24(2)22-47-36(45)40-30-14-15-33(39-27-10-12-28(41-46)13-11-27)26(18-30)21-42(3)34(43)20-38-29-9-8-25-16-17-37-35(44)32(25)19-29/h4-9,14-19,24,27-28,38-39H,10-13,20-22H2,1-3H3,(H,37,44)(H,40,45). The number of benzene rings is 3. The molecule has 11 nitrogen and oxygen atoms in total. The molecule has 0 aliphatic heterocycles. The first kappa shape index (κ1) is 33.2. The first-order chi connectivity index (χ1) is 22.7. The Kier molecular flexibility index (Phi) is 10.9. The minimum atomic E-state index is -0.556. The minimum absolute atomic E-state index is 0.0293. The SMILES string of the molecule is Cc1ccccc1C(C)COC(=O)Nc1ccc(NC2CCC(N=O)CC2)c(CN(C)C(=O)CNc2ccc3cc[nH]c(=O)c3c2)c1. The van der Waals surface area contributed by atoms with Gasteiger partial charge in [-0.2, -0.15) is 4.91 Å². The van der Waals surface area contributed by atoms with Gasteiger partial charge in [0.25, 0.3) is 5.56 Å². The lowest BCUT2D eigenvalue weighted by Crippen LogP contribution is -2.32. The van der Waals surface area contributed by atoms with E-state index in [-0.39, 0.29) is 49.2 Å². The summed E-state index contributed by atoms with van der Waals surface area (Å²) in [6, 6.07) is 20.8. The van der Waals surface area contributed by atoms with Crippen LogP contribution in [0.25, 0.3) is 10.8 Å². The van der Waals surface area contributed by atoms with Crippen LogP contribution in [-0.2, 0) is 16.1 Å². The molecule has 246 valence electrons. The maximum atomic E-state index is 13.2. The highest BCUT2D eigenvalue weighted by atomic mass is 16.5. The van der Waals surface area contributed by atoms with Crippen LogP contribution >= 0.6 is 0 Å². The van der Waals surface area contributed by atoms with Gasteiger partial charge in [0.1, 0.15) is 0 Å². The molecular formula is C36H42N6O5. The quantitative estimate of drug-likeness (QED) is 0.126. The van der Waals surface area contributed by atoms with Gasteiger partial charge in [-0.1, -0.05) is 42.4 Å². The largest absolute Gasteiger partial charge is 0.449 e. The number of amides is 2. The van der Waals surface area contributed by atoms with E-state index in [1.807, 2.05) is 68.4 Å². The van der Waals surface area contributed by atoms with Gasteiger partial charge in [0.15, 0.2) is 0 Å². The number of ether oxygens (including phenoxy) is 1. The van der Waals surface area contributed by atoms with Crippen molar-refractivity contribution in [2.45, 2.75) is 64.1 Å². The van der Waals surface area contributed by atoms with E-state index in [0.29, 0.717) is 16.8 Å². The molecule has 1 aromatic heterocycles. The molecule has 1 aliphatic rings. The molecule has 5 rings (SSSR count). The van der Waals surface area contributed by atoms with Crippen molar-refractivity contribution in [3.05, 3.63) is 105 Å². The van der Waals surface area contributed by atoms with Crippen LogP contribution < -0.4 is 21.5 Å². The molecule has 3 aromatic carbocycles. The van der Waals surface area contributed by atoms with Gasteiger partial charge in [-0.25, -0.2) is 4.79 Å². The maximum absolute atomic E-state index is 13.2. The van der Waals surface area contributed by atoms with Crippen molar-refractivity contribution in [1.82, 2.24) is 9.88 Å². The lowest BCUT2D eigenvalue weighted by atomic mass is 9.91. The number of aryl methyl sites for hydroxylation is 1. The van der Waals surface area contributed by atoms with E-state index < -0.39 is 6.09 Å². The fourth-order valence-electron chi connectivity index (χ4n) is 6.02. The predicted molar refractivity (Wildman–Crippen MR) is 186 cm³/mol. The second-order valence-corrected chi connectivity index (χ2v) is 12.3. The summed E-state index contributed by atoms with van der Waals surface area (Å²) in [7, 11) is 1.72. The van der Waals surface area contributed by atoms with Crippen LogP contribution in [0.4, 0.5) is 21.9 Å². The molecule has 2 amide bonds. The van der Waals surface area contributed by atoms with Gasteiger partial charge < -0.3 is 25.3 Å². The highest BCUT2D eigenvalue weighted by Crippen LogP contribution is 2.28. The van der Waals surface area contributed by atoms with Gasteiger partial charge >= 0.3 is 6.09 Å². The van der Waals surface area contributed by atoms with Crippen molar-refractivity contribution < 1.29 is 14.3 Å². The molecule has 4 N–H and O–H groups in total. The van der Waals surface area contributed by atoms with E-state index in [4.69, 9.17) is 4.74 Å². The van der Waals surface area contributed by atoms with E-state index in [1.54, 1.807) is 30.3 Å². The molecule has 4 aromatic rings. The molecule has 1 heterocycles. The van der Waals surface area contributed by atoms with Gasteiger partial charge in [-0.05, 0) is 91.1 Å². The molecule has 0 spiro atoms. The highest BCUT2D eigenvalue weighted by Gasteiger charge is 2.23. The molecule has 0 radical (unpaired) electrons. The number of anilines is 3. The Labute approximate surface area is 274 Å². The zero-order valence-electron chi connectivity index (χ0n) is 27.0. The summed E-state index contributed by atoms with van der Waals surface area (Å²) in [4.78, 5) is 53.5. The van der Waals surface area contributed by atoms with Gasteiger partial charge in [-0.15, -0.1) is 0 Å². The topological polar surface area (TPSA) is 145 Å².